The topological polar surface area (TPSA) is 78.5 Å². The molecule has 3 saturated heterocycles. The summed E-state index contributed by atoms with van der Waals surface area (Å²) in [5.41, 5.74) is 2.02. The first-order valence-corrected chi connectivity index (χ1v) is 13.4. The Hall–Kier alpha value is -2.21. The molecule has 0 radical (unpaired) electrons. The molecule has 1 atom stereocenters. The van der Waals surface area contributed by atoms with Crippen LogP contribution in [0.1, 0.15) is 92.5 Å². The monoisotopic (exact) mass is 465 g/mol. The van der Waals surface area contributed by atoms with Crippen molar-refractivity contribution < 1.29 is 14.4 Å². The summed E-state index contributed by atoms with van der Waals surface area (Å²) in [5.74, 6) is 1.21. The number of nitrogens with one attached hydrogen (secondary N) is 2. The predicted octanol–water partition coefficient (Wildman–Crippen LogP) is 4.01. The Morgan fingerprint density at radius 3 is 2.18 bits per heavy atom. The number of imide groups is 1. The molecule has 6 nitrogen and oxygen atoms in total. The molecule has 4 fully saturated rings. The number of hydrogen-bond acceptors (Lipinski definition) is 4. The van der Waals surface area contributed by atoms with E-state index in [1.807, 2.05) is 29.2 Å². The van der Waals surface area contributed by atoms with E-state index in [9.17, 15) is 14.4 Å². The highest BCUT2D eigenvalue weighted by atomic mass is 16.2. The van der Waals surface area contributed by atoms with Crippen molar-refractivity contribution in [1.29, 1.82) is 0 Å². The molecule has 1 aliphatic carbocycles. The van der Waals surface area contributed by atoms with E-state index in [0.29, 0.717) is 23.8 Å². The fraction of sp³-hybridized carbons (Fsp3) is 0.679. The molecule has 184 valence electrons. The Bertz CT molecular complexity index is 888. The first kappa shape index (κ1) is 23.5. The van der Waals surface area contributed by atoms with Crippen LogP contribution in [-0.4, -0.2) is 48.8 Å². The summed E-state index contributed by atoms with van der Waals surface area (Å²) >= 11 is 0. The van der Waals surface area contributed by atoms with Gasteiger partial charge >= 0.3 is 0 Å². The molecule has 2 N–H and O–H groups in total. The number of likely N-dealkylation sites (tertiary alicyclic amines) is 1. The van der Waals surface area contributed by atoms with Crippen LogP contribution in [0.15, 0.2) is 24.3 Å². The highest BCUT2D eigenvalue weighted by Crippen LogP contribution is 2.48. The van der Waals surface area contributed by atoms with Gasteiger partial charge < -0.3 is 10.2 Å². The Morgan fingerprint density at radius 1 is 0.882 bits per heavy atom. The Morgan fingerprint density at radius 2 is 1.53 bits per heavy atom. The number of carbonyl (C=O) groups excluding carboxylic acids is 3. The predicted molar refractivity (Wildman–Crippen MR) is 131 cm³/mol. The highest BCUT2D eigenvalue weighted by molar-refractivity contribution is 6.01. The molecule has 3 aliphatic heterocycles. The van der Waals surface area contributed by atoms with Crippen molar-refractivity contribution in [1.82, 2.24) is 15.5 Å². The molecule has 0 bridgehead atoms. The summed E-state index contributed by atoms with van der Waals surface area (Å²) in [7, 11) is 0. The van der Waals surface area contributed by atoms with Crippen molar-refractivity contribution in [3.8, 4) is 0 Å². The molecule has 0 aromatic heterocycles. The van der Waals surface area contributed by atoms with Gasteiger partial charge in [0.2, 0.25) is 11.8 Å². The van der Waals surface area contributed by atoms with Gasteiger partial charge in [-0.1, -0.05) is 12.1 Å². The first-order chi connectivity index (χ1) is 16.5. The minimum Gasteiger partial charge on any atom is -0.339 e. The van der Waals surface area contributed by atoms with Gasteiger partial charge in [0.25, 0.3) is 5.91 Å². The lowest BCUT2D eigenvalue weighted by Crippen LogP contribution is -2.44. The minimum absolute atomic E-state index is 0.101. The van der Waals surface area contributed by atoms with Crippen LogP contribution in [0.25, 0.3) is 0 Å². The molecule has 1 saturated carbocycles. The maximum absolute atomic E-state index is 13.1. The van der Waals surface area contributed by atoms with E-state index in [2.05, 4.69) is 10.6 Å². The van der Waals surface area contributed by atoms with Crippen molar-refractivity contribution in [2.45, 2.75) is 76.5 Å². The number of amides is 3. The zero-order valence-corrected chi connectivity index (χ0v) is 20.3. The normalized spacial score (nSPS) is 26.5. The highest BCUT2D eigenvalue weighted by Gasteiger charge is 2.39. The summed E-state index contributed by atoms with van der Waals surface area (Å²) in [5, 5.41) is 5.90. The van der Waals surface area contributed by atoms with E-state index >= 15 is 0 Å². The lowest BCUT2D eigenvalue weighted by Gasteiger charge is -2.46. The molecular weight excluding hydrogens is 426 g/mol. The Kier molecular flexibility index (Phi) is 7.05. The molecule has 6 heteroatoms. The summed E-state index contributed by atoms with van der Waals surface area (Å²) < 4.78 is 0. The fourth-order valence-corrected chi connectivity index (χ4v) is 6.85. The van der Waals surface area contributed by atoms with E-state index in [4.69, 9.17) is 0 Å². The number of nitrogens with zero attached hydrogens (tertiary/aromatic N) is 1. The number of piperidine rings is 3. The maximum atomic E-state index is 13.1. The van der Waals surface area contributed by atoms with E-state index in [1.54, 1.807) is 0 Å². The lowest BCUT2D eigenvalue weighted by molar-refractivity contribution is -0.134. The van der Waals surface area contributed by atoms with Gasteiger partial charge in [-0.2, -0.15) is 0 Å². The molecule has 5 rings (SSSR count). The molecule has 4 aliphatic rings. The summed E-state index contributed by atoms with van der Waals surface area (Å²) in [6, 6.07) is 7.44. The van der Waals surface area contributed by atoms with Gasteiger partial charge in [0.15, 0.2) is 0 Å². The Balaban J connectivity index is 1.11. The number of benzene rings is 1. The summed E-state index contributed by atoms with van der Waals surface area (Å²) in [6.07, 6.45) is 12.7. The zero-order valence-electron chi connectivity index (χ0n) is 20.3. The van der Waals surface area contributed by atoms with Crippen molar-refractivity contribution in [3.05, 3.63) is 35.4 Å². The SMILES string of the molecule is O=C1CCC(c2ccc(C(=O)N3CCC4(CCC(CC5CCNCC5)CC4)CC3)cc2)C(=O)N1. The van der Waals surface area contributed by atoms with Crippen LogP contribution in [-0.2, 0) is 9.59 Å². The maximum Gasteiger partial charge on any atom is 0.253 e. The number of carbonyl (C=O) groups is 3. The molecule has 1 spiro atoms. The van der Waals surface area contributed by atoms with Crippen LogP contribution in [0.5, 0.6) is 0 Å². The third-order valence-electron chi connectivity index (χ3n) is 9.20. The number of hydrogen-bond donors (Lipinski definition) is 2. The standard InChI is InChI=1S/C28H39N3O3/c32-25-6-5-24(26(33)30-25)22-1-3-23(4-2-22)27(34)31-17-13-28(14-18-31)11-7-20(8-12-28)19-21-9-15-29-16-10-21/h1-4,20-21,24,29H,5-19H2,(H,30,32,33). The largest absolute Gasteiger partial charge is 0.339 e. The third kappa shape index (κ3) is 5.22. The van der Waals surface area contributed by atoms with Crippen LogP contribution >= 0.6 is 0 Å². The summed E-state index contributed by atoms with van der Waals surface area (Å²) in [6.45, 7) is 4.11. The van der Waals surface area contributed by atoms with E-state index in [1.165, 1.54) is 58.0 Å². The van der Waals surface area contributed by atoms with Crippen molar-refractivity contribution in [2.24, 2.45) is 17.3 Å². The van der Waals surface area contributed by atoms with Crippen molar-refractivity contribution in [2.75, 3.05) is 26.2 Å². The molecule has 3 heterocycles. The van der Waals surface area contributed by atoms with Crippen LogP contribution < -0.4 is 10.6 Å². The average molecular weight is 466 g/mol. The minimum atomic E-state index is -0.304. The van der Waals surface area contributed by atoms with Crippen LogP contribution in [0.2, 0.25) is 0 Å². The lowest BCUT2D eigenvalue weighted by atomic mass is 9.64. The van der Waals surface area contributed by atoms with Gasteiger partial charge in [-0.3, -0.25) is 19.7 Å². The van der Waals surface area contributed by atoms with Crippen LogP contribution in [0.4, 0.5) is 0 Å². The molecule has 1 unspecified atom stereocenters. The smallest absolute Gasteiger partial charge is 0.253 e. The van der Waals surface area contributed by atoms with E-state index in [0.717, 1.165) is 43.3 Å². The van der Waals surface area contributed by atoms with Crippen LogP contribution in [0, 0.1) is 17.3 Å². The molecule has 3 amide bonds. The van der Waals surface area contributed by atoms with Gasteiger partial charge in [0.05, 0.1) is 5.92 Å². The van der Waals surface area contributed by atoms with Gasteiger partial charge in [-0.05, 0) is 112 Å². The van der Waals surface area contributed by atoms with Gasteiger partial charge in [-0.15, -0.1) is 0 Å². The van der Waals surface area contributed by atoms with Crippen molar-refractivity contribution >= 4 is 17.7 Å². The second kappa shape index (κ2) is 10.2. The van der Waals surface area contributed by atoms with E-state index < -0.39 is 0 Å². The van der Waals surface area contributed by atoms with Gasteiger partial charge in [0.1, 0.15) is 0 Å². The number of rotatable bonds is 4. The molecule has 1 aromatic rings. The van der Waals surface area contributed by atoms with Gasteiger partial charge in [0, 0.05) is 25.1 Å². The zero-order chi connectivity index (χ0) is 23.5. The van der Waals surface area contributed by atoms with Crippen molar-refractivity contribution in [3.63, 3.8) is 0 Å². The average Bonchev–Trinajstić information content (AvgIpc) is 2.87. The Labute approximate surface area is 203 Å². The second-order valence-corrected chi connectivity index (χ2v) is 11.3. The quantitative estimate of drug-likeness (QED) is 0.659. The second-order valence-electron chi connectivity index (χ2n) is 11.3. The first-order valence-electron chi connectivity index (χ1n) is 13.4. The third-order valence-corrected chi connectivity index (χ3v) is 9.20. The van der Waals surface area contributed by atoms with E-state index in [-0.39, 0.29) is 23.6 Å². The fourth-order valence-electron chi connectivity index (χ4n) is 6.85. The van der Waals surface area contributed by atoms with Crippen LogP contribution in [0.3, 0.4) is 0 Å². The molecule has 1 aromatic carbocycles. The molecular formula is C28H39N3O3. The summed E-state index contributed by atoms with van der Waals surface area (Å²) in [4.78, 5) is 38.7. The molecule has 34 heavy (non-hydrogen) atoms. The van der Waals surface area contributed by atoms with Gasteiger partial charge in [-0.25, -0.2) is 0 Å².